The van der Waals surface area contributed by atoms with E-state index in [1.165, 1.54) is 11.3 Å². The molecule has 124 valence electrons. The summed E-state index contributed by atoms with van der Waals surface area (Å²) in [6.07, 6.45) is -0.690. The highest BCUT2D eigenvalue weighted by Crippen LogP contribution is 2.24. The number of aromatic nitrogens is 1. The summed E-state index contributed by atoms with van der Waals surface area (Å²) in [5, 5.41) is 15.8. The monoisotopic (exact) mass is 340 g/mol. The van der Waals surface area contributed by atoms with Crippen molar-refractivity contribution in [3.63, 3.8) is 0 Å². The third-order valence-electron chi connectivity index (χ3n) is 4.18. The summed E-state index contributed by atoms with van der Waals surface area (Å²) in [7, 11) is 0. The maximum absolute atomic E-state index is 12.8. The van der Waals surface area contributed by atoms with Gasteiger partial charge in [-0.05, 0) is 49.9 Å². The number of nitrogens with zero attached hydrogens (tertiary/aromatic N) is 1. The number of hydrogen-bond donors (Lipinski definition) is 2. The molecule has 5 heteroatoms. The van der Waals surface area contributed by atoms with E-state index >= 15 is 0 Å². The van der Waals surface area contributed by atoms with Gasteiger partial charge in [-0.15, -0.1) is 11.3 Å². The van der Waals surface area contributed by atoms with Gasteiger partial charge in [-0.25, -0.2) is 0 Å². The largest absolute Gasteiger partial charge is 0.386 e. The van der Waals surface area contributed by atoms with Crippen LogP contribution >= 0.6 is 11.3 Å². The minimum absolute atomic E-state index is 0.177. The van der Waals surface area contributed by atoms with Crippen molar-refractivity contribution in [2.75, 3.05) is 6.54 Å². The Hall–Kier alpha value is -2.24. The van der Waals surface area contributed by atoms with E-state index in [9.17, 15) is 9.90 Å². The van der Waals surface area contributed by atoms with Crippen LogP contribution in [-0.2, 0) is 0 Å². The normalized spacial score (nSPS) is 12.3. The Kier molecular flexibility index (Phi) is 4.64. The Labute approximate surface area is 145 Å². The Bertz CT molecular complexity index is 888. The van der Waals surface area contributed by atoms with Crippen LogP contribution in [0, 0.1) is 20.8 Å². The molecule has 2 N–H and O–H groups in total. The fourth-order valence-corrected chi connectivity index (χ4v) is 3.46. The number of pyridine rings is 1. The second-order valence-corrected chi connectivity index (χ2v) is 6.94. The van der Waals surface area contributed by atoms with Gasteiger partial charge in [-0.2, -0.15) is 0 Å². The summed E-state index contributed by atoms with van der Waals surface area (Å²) < 4.78 is 0. The lowest BCUT2D eigenvalue weighted by molar-refractivity contribution is 0.0919. The van der Waals surface area contributed by atoms with Crippen LogP contribution in [0.25, 0.3) is 10.9 Å². The Morgan fingerprint density at radius 3 is 2.79 bits per heavy atom. The van der Waals surface area contributed by atoms with E-state index in [4.69, 9.17) is 0 Å². The van der Waals surface area contributed by atoms with E-state index in [2.05, 4.69) is 10.3 Å². The molecule has 4 nitrogen and oxygen atoms in total. The van der Waals surface area contributed by atoms with Crippen molar-refractivity contribution < 1.29 is 9.90 Å². The first-order chi connectivity index (χ1) is 11.5. The number of aryl methyl sites for hydroxylation is 2. The zero-order chi connectivity index (χ0) is 17.3. The van der Waals surface area contributed by atoms with Crippen LogP contribution < -0.4 is 5.32 Å². The topological polar surface area (TPSA) is 62.2 Å². The Balaban J connectivity index is 1.91. The number of nitrogens with one attached hydrogen (secondary N) is 1. The SMILES string of the molecule is Cc1ccc2nc(C)c(C)c(C(=O)NCC(O)c3cccs3)c2c1. The predicted molar refractivity (Wildman–Crippen MR) is 97.6 cm³/mol. The van der Waals surface area contributed by atoms with E-state index in [0.717, 1.165) is 32.6 Å². The first kappa shape index (κ1) is 16.6. The number of rotatable bonds is 4. The van der Waals surface area contributed by atoms with Gasteiger partial charge in [0.1, 0.15) is 6.10 Å². The maximum Gasteiger partial charge on any atom is 0.252 e. The lowest BCUT2D eigenvalue weighted by Gasteiger charge is -2.15. The van der Waals surface area contributed by atoms with E-state index in [1.807, 2.05) is 56.5 Å². The second kappa shape index (κ2) is 6.71. The predicted octanol–water partition coefficient (Wildman–Crippen LogP) is 3.68. The molecule has 1 atom stereocenters. The van der Waals surface area contributed by atoms with Gasteiger partial charge in [0.05, 0.1) is 11.1 Å². The molecule has 0 aliphatic carbocycles. The van der Waals surface area contributed by atoms with Gasteiger partial charge in [0.25, 0.3) is 5.91 Å². The third-order valence-corrected chi connectivity index (χ3v) is 5.16. The number of amides is 1. The number of benzene rings is 1. The zero-order valence-corrected chi connectivity index (χ0v) is 14.8. The van der Waals surface area contributed by atoms with Crippen molar-refractivity contribution in [2.45, 2.75) is 26.9 Å². The Morgan fingerprint density at radius 1 is 1.29 bits per heavy atom. The summed E-state index contributed by atoms with van der Waals surface area (Å²) in [6, 6.07) is 9.67. The molecule has 3 aromatic rings. The van der Waals surface area contributed by atoms with Crippen LogP contribution in [0.5, 0.6) is 0 Å². The summed E-state index contributed by atoms with van der Waals surface area (Å²) in [6.45, 7) is 6.00. The van der Waals surface area contributed by atoms with Gasteiger partial charge >= 0.3 is 0 Å². The first-order valence-electron chi connectivity index (χ1n) is 7.84. The van der Waals surface area contributed by atoms with Gasteiger partial charge in [-0.1, -0.05) is 17.7 Å². The van der Waals surface area contributed by atoms with Crippen molar-refractivity contribution in [3.05, 3.63) is 63.0 Å². The van der Waals surface area contributed by atoms with Gasteiger partial charge in [0.2, 0.25) is 0 Å². The highest BCUT2D eigenvalue weighted by Gasteiger charge is 2.18. The molecular formula is C19H20N2O2S. The molecule has 0 radical (unpaired) electrons. The van der Waals surface area contributed by atoms with Crippen molar-refractivity contribution in [3.8, 4) is 0 Å². The average molecular weight is 340 g/mol. The molecular weight excluding hydrogens is 320 g/mol. The molecule has 2 heterocycles. The fraction of sp³-hybridized carbons (Fsp3) is 0.263. The molecule has 1 aromatic carbocycles. The standard InChI is InChI=1S/C19H20N2O2S/c1-11-6-7-15-14(9-11)18(12(2)13(3)21-15)19(23)20-10-16(22)17-5-4-8-24-17/h4-9,16,22H,10H2,1-3H3,(H,20,23). The second-order valence-electron chi connectivity index (χ2n) is 5.96. The number of aliphatic hydroxyl groups excluding tert-OH is 1. The third kappa shape index (κ3) is 3.18. The molecule has 0 bridgehead atoms. The van der Waals surface area contributed by atoms with Crippen LogP contribution in [0.4, 0.5) is 0 Å². The van der Waals surface area contributed by atoms with E-state index in [0.29, 0.717) is 5.56 Å². The lowest BCUT2D eigenvalue weighted by Crippen LogP contribution is -2.29. The van der Waals surface area contributed by atoms with Crippen molar-refractivity contribution in [2.24, 2.45) is 0 Å². The van der Waals surface area contributed by atoms with Gasteiger partial charge in [0.15, 0.2) is 0 Å². The van der Waals surface area contributed by atoms with Crippen molar-refractivity contribution >= 4 is 28.1 Å². The minimum Gasteiger partial charge on any atom is -0.386 e. The summed E-state index contributed by atoms with van der Waals surface area (Å²) in [5.74, 6) is -0.177. The van der Waals surface area contributed by atoms with Crippen molar-refractivity contribution in [1.82, 2.24) is 10.3 Å². The summed E-state index contributed by atoms with van der Waals surface area (Å²) in [5.41, 5.74) is 4.25. The molecule has 3 rings (SSSR count). The van der Waals surface area contributed by atoms with Gasteiger partial charge in [0, 0.05) is 22.5 Å². The van der Waals surface area contributed by atoms with Crippen LogP contribution in [0.2, 0.25) is 0 Å². The molecule has 0 aliphatic rings. The van der Waals surface area contributed by atoms with Gasteiger partial charge < -0.3 is 10.4 Å². The quantitative estimate of drug-likeness (QED) is 0.761. The lowest BCUT2D eigenvalue weighted by atomic mass is 9.99. The number of aliphatic hydroxyl groups is 1. The van der Waals surface area contributed by atoms with E-state index in [-0.39, 0.29) is 12.5 Å². The highest BCUT2D eigenvalue weighted by molar-refractivity contribution is 7.10. The zero-order valence-electron chi connectivity index (χ0n) is 14.0. The van der Waals surface area contributed by atoms with E-state index in [1.54, 1.807) is 0 Å². The molecule has 0 aliphatic heterocycles. The summed E-state index contributed by atoms with van der Waals surface area (Å²) >= 11 is 1.48. The number of carbonyl (C=O) groups is 1. The molecule has 1 unspecified atom stereocenters. The smallest absolute Gasteiger partial charge is 0.252 e. The molecule has 0 spiro atoms. The van der Waals surface area contributed by atoms with Crippen LogP contribution in [0.3, 0.4) is 0 Å². The van der Waals surface area contributed by atoms with Crippen LogP contribution in [0.1, 0.15) is 38.2 Å². The molecule has 0 saturated carbocycles. The average Bonchev–Trinajstić information content (AvgIpc) is 3.08. The Morgan fingerprint density at radius 2 is 2.08 bits per heavy atom. The van der Waals surface area contributed by atoms with E-state index < -0.39 is 6.10 Å². The molecule has 2 aromatic heterocycles. The van der Waals surface area contributed by atoms with Crippen LogP contribution in [-0.4, -0.2) is 22.5 Å². The number of hydrogen-bond acceptors (Lipinski definition) is 4. The van der Waals surface area contributed by atoms with Crippen molar-refractivity contribution in [1.29, 1.82) is 0 Å². The molecule has 24 heavy (non-hydrogen) atoms. The fourth-order valence-electron chi connectivity index (χ4n) is 2.75. The highest BCUT2D eigenvalue weighted by atomic mass is 32.1. The first-order valence-corrected chi connectivity index (χ1v) is 8.72. The number of fused-ring (bicyclic) bond motifs is 1. The van der Waals surface area contributed by atoms with Gasteiger partial charge in [-0.3, -0.25) is 9.78 Å². The number of thiophene rings is 1. The maximum atomic E-state index is 12.8. The minimum atomic E-state index is -0.690. The van der Waals surface area contributed by atoms with Crippen LogP contribution in [0.15, 0.2) is 35.7 Å². The summed E-state index contributed by atoms with van der Waals surface area (Å²) in [4.78, 5) is 18.2. The number of carbonyl (C=O) groups excluding carboxylic acids is 1. The molecule has 0 saturated heterocycles. The molecule has 1 amide bonds. The molecule has 0 fully saturated rings.